The van der Waals surface area contributed by atoms with Crippen molar-refractivity contribution in [2.75, 3.05) is 38.8 Å². The van der Waals surface area contributed by atoms with Crippen molar-refractivity contribution in [3.63, 3.8) is 0 Å². The first-order valence-electron chi connectivity index (χ1n) is 10.4. The second kappa shape index (κ2) is 10.6. The summed E-state index contributed by atoms with van der Waals surface area (Å²) in [7, 11) is 3.32. The van der Waals surface area contributed by atoms with Gasteiger partial charge in [-0.1, -0.05) is 12.1 Å². The second-order valence-electron chi connectivity index (χ2n) is 7.29. The Morgan fingerprint density at radius 2 is 2.03 bits per heavy atom. The highest BCUT2D eigenvalue weighted by atomic mass is 16.5. The molecule has 0 amide bonds. The lowest BCUT2D eigenvalue weighted by atomic mass is 10.0. The van der Waals surface area contributed by atoms with Crippen LogP contribution >= 0.6 is 0 Å². The highest BCUT2D eigenvalue weighted by Gasteiger charge is 2.22. The molecule has 1 fully saturated rings. The lowest BCUT2D eigenvalue weighted by Gasteiger charge is -2.36. The molecule has 30 heavy (non-hydrogen) atoms. The van der Waals surface area contributed by atoms with Gasteiger partial charge in [-0.05, 0) is 50.1 Å². The van der Waals surface area contributed by atoms with E-state index in [1.54, 1.807) is 26.4 Å². The molecule has 7 nitrogen and oxygen atoms in total. The van der Waals surface area contributed by atoms with Crippen LogP contribution in [0, 0.1) is 0 Å². The molecule has 1 heterocycles. The van der Waals surface area contributed by atoms with E-state index >= 15 is 0 Å². The minimum absolute atomic E-state index is 0.218. The van der Waals surface area contributed by atoms with E-state index in [0.29, 0.717) is 12.3 Å². The van der Waals surface area contributed by atoms with Gasteiger partial charge in [-0.2, -0.15) is 0 Å². The predicted molar refractivity (Wildman–Crippen MR) is 121 cm³/mol. The van der Waals surface area contributed by atoms with E-state index in [0.717, 1.165) is 55.4 Å². The number of nitrogens with zero attached hydrogens (tertiary/aromatic N) is 2. The maximum Gasteiger partial charge on any atom is 0.191 e. The molecule has 1 atom stereocenters. The van der Waals surface area contributed by atoms with E-state index in [-0.39, 0.29) is 11.8 Å². The van der Waals surface area contributed by atoms with E-state index in [1.165, 1.54) is 0 Å². The zero-order valence-corrected chi connectivity index (χ0v) is 18.0. The number of hydrogen-bond acceptors (Lipinski definition) is 5. The molecule has 0 aliphatic carbocycles. The minimum Gasteiger partial charge on any atom is -0.508 e. The molecule has 1 unspecified atom stereocenters. The van der Waals surface area contributed by atoms with Crippen LogP contribution in [0.3, 0.4) is 0 Å². The number of rotatable bonds is 7. The highest BCUT2D eigenvalue weighted by Crippen LogP contribution is 2.30. The number of guanidine groups is 1. The summed E-state index contributed by atoms with van der Waals surface area (Å²) in [6.45, 7) is 5.04. The maximum absolute atomic E-state index is 10.1. The van der Waals surface area contributed by atoms with Gasteiger partial charge in [0.1, 0.15) is 17.2 Å². The Bertz CT molecular complexity index is 856. The normalized spacial score (nSPS) is 16.8. The Morgan fingerprint density at radius 3 is 2.80 bits per heavy atom. The van der Waals surface area contributed by atoms with Gasteiger partial charge in [0.05, 0.1) is 26.5 Å². The van der Waals surface area contributed by atoms with Crippen molar-refractivity contribution in [2.45, 2.75) is 32.4 Å². The summed E-state index contributed by atoms with van der Waals surface area (Å²) >= 11 is 0. The number of piperidine rings is 1. The standard InChI is InChI=1S/C23H32N4O3/c1-4-24-23(25-15-17-14-19(29-2)11-12-21(17)28)26-18-8-7-13-27(16-18)20-9-5-6-10-22(20)30-3/h5-6,9-12,14,18,28H,4,7-8,13,15-16H2,1-3H3,(H2,24,25,26). The molecular weight excluding hydrogens is 380 g/mol. The Labute approximate surface area is 178 Å². The Balaban J connectivity index is 1.69. The Hall–Kier alpha value is -3.09. The van der Waals surface area contributed by atoms with Crippen molar-refractivity contribution in [2.24, 2.45) is 4.99 Å². The topological polar surface area (TPSA) is 78.4 Å². The number of para-hydroxylation sites is 2. The molecule has 3 N–H and O–H groups in total. The van der Waals surface area contributed by atoms with Crippen LogP contribution in [-0.4, -0.2) is 51.0 Å². The second-order valence-corrected chi connectivity index (χ2v) is 7.29. The van der Waals surface area contributed by atoms with Crippen LogP contribution in [-0.2, 0) is 6.54 Å². The largest absolute Gasteiger partial charge is 0.508 e. The van der Waals surface area contributed by atoms with Gasteiger partial charge in [-0.25, -0.2) is 4.99 Å². The van der Waals surface area contributed by atoms with E-state index in [1.807, 2.05) is 31.2 Å². The summed E-state index contributed by atoms with van der Waals surface area (Å²) in [5.41, 5.74) is 1.85. The summed E-state index contributed by atoms with van der Waals surface area (Å²) < 4.78 is 10.8. The molecule has 0 saturated carbocycles. The Kier molecular flexibility index (Phi) is 7.65. The molecular formula is C23H32N4O3. The summed E-state index contributed by atoms with van der Waals surface area (Å²) in [4.78, 5) is 7.04. The average molecular weight is 413 g/mol. The first-order chi connectivity index (χ1) is 14.6. The lowest BCUT2D eigenvalue weighted by molar-refractivity contribution is 0.408. The molecule has 162 valence electrons. The van der Waals surface area contributed by atoms with Crippen LogP contribution in [0.25, 0.3) is 0 Å². The Morgan fingerprint density at radius 1 is 1.20 bits per heavy atom. The van der Waals surface area contributed by atoms with Crippen molar-refractivity contribution >= 4 is 11.6 Å². The first kappa shape index (κ1) is 21.6. The molecule has 3 rings (SSSR count). The molecule has 1 aliphatic rings. The van der Waals surface area contributed by atoms with Crippen LogP contribution in [0.15, 0.2) is 47.5 Å². The summed E-state index contributed by atoms with van der Waals surface area (Å²) in [5, 5.41) is 17.0. The molecule has 7 heteroatoms. The van der Waals surface area contributed by atoms with Crippen LogP contribution in [0.1, 0.15) is 25.3 Å². The number of phenolic OH excluding ortho intramolecular Hbond substituents is 1. The molecule has 0 radical (unpaired) electrons. The van der Waals surface area contributed by atoms with Crippen LogP contribution in [0.5, 0.6) is 17.2 Å². The van der Waals surface area contributed by atoms with Gasteiger partial charge in [0, 0.05) is 31.2 Å². The molecule has 0 bridgehead atoms. The van der Waals surface area contributed by atoms with Crippen molar-refractivity contribution in [1.82, 2.24) is 10.6 Å². The fourth-order valence-electron chi connectivity index (χ4n) is 3.70. The molecule has 2 aromatic carbocycles. The predicted octanol–water partition coefficient (Wildman–Crippen LogP) is 3.13. The van der Waals surface area contributed by atoms with Crippen molar-refractivity contribution in [1.29, 1.82) is 0 Å². The van der Waals surface area contributed by atoms with E-state index in [2.05, 4.69) is 26.6 Å². The van der Waals surface area contributed by atoms with Crippen LogP contribution in [0.4, 0.5) is 5.69 Å². The number of ether oxygens (including phenoxy) is 2. The van der Waals surface area contributed by atoms with Crippen LogP contribution < -0.4 is 25.0 Å². The molecule has 0 spiro atoms. The third-order valence-electron chi connectivity index (χ3n) is 5.23. The smallest absolute Gasteiger partial charge is 0.191 e. The van der Waals surface area contributed by atoms with Gasteiger partial charge >= 0.3 is 0 Å². The third kappa shape index (κ3) is 5.49. The fourth-order valence-corrected chi connectivity index (χ4v) is 3.70. The van der Waals surface area contributed by atoms with Gasteiger partial charge in [0.25, 0.3) is 0 Å². The van der Waals surface area contributed by atoms with E-state index in [9.17, 15) is 5.11 Å². The van der Waals surface area contributed by atoms with Gasteiger partial charge in [-0.15, -0.1) is 0 Å². The van der Waals surface area contributed by atoms with Gasteiger partial charge in [0.2, 0.25) is 0 Å². The third-order valence-corrected chi connectivity index (χ3v) is 5.23. The zero-order chi connectivity index (χ0) is 21.3. The van der Waals surface area contributed by atoms with Crippen molar-refractivity contribution in [3.8, 4) is 17.2 Å². The summed E-state index contributed by atoms with van der Waals surface area (Å²) in [6.07, 6.45) is 2.16. The molecule has 0 aromatic heterocycles. The quantitative estimate of drug-likeness (QED) is 0.479. The summed E-state index contributed by atoms with van der Waals surface area (Å²) in [5.74, 6) is 2.56. The maximum atomic E-state index is 10.1. The number of methoxy groups -OCH3 is 2. The van der Waals surface area contributed by atoms with Crippen LogP contribution in [0.2, 0.25) is 0 Å². The first-order valence-corrected chi connectivity index (χ1v) is 10.4. The number of phenols is 1. The van der Waals surface area contributed by atoms with Crippen molar-refractivity contribution < 1.29 is 14.6 Å². The monoisotopic (exact) mass is 412 g/mol. The number of nitrogens with one attached hydrogen (secondary N) is 2. The number of aliphatic imine (C=N–C) groups is 1. The van der Waals surface area contributed by atoms with Gasteiger partial charge in [0.15, 0.2) is 5.96 Å². The molecule has 2 aromatic rings. The van der Waals surface area contributed by atoms with Gasteiger partial charge in [-0.3, -0.25) is 0 Å². The van der Waals surface area contributed by atoms with E-state index < -0.39 is 0 Å². The SMILES string of the molecule is CCNC(=NCc1cc(OC)ccc1O)NC1CCCN(c2ccccc2OC)C1. The fraction of sp³-hybridized carbons (Fsp3) is 0.435. The lowest BCUT2D eigenvalue weighted by Crippen LogP contribution is -2.51. The highest BCUT2D eigenvalue weighted by molar-refractivity contribution is 5.80. The van der Waals surface area contributed by atoms with Crippen molar-refractivity contribution in [3.05, 3.63) is 48.0 Å². The number of benzene rings is 2. The average Bonchev–Trinajstić information content (AvgIpc) is 2.78. The molecule has 1 saturated heterocycles. The summed E-state index contributed by atoms with van der Waals surface area (Å²) in [6, 6.07) is 13.6. The number of hydrogen-bond donors (Lipinski definition) is 3. The number of aromatic hydroxyl groups is 1. The number of anilines is 1. The van der Waals surface area contributed by atoms with E-state index in [4.69, 9.17) is 9.47 Å². The zero-order valence-electron chi connectivity index (χ0n) is 18.0. The minimum atomic E-state index is 0.218. The van der Waals surface area contributed by atoms with Gasteiger partial charge < -0.3 is 30.1 Å². The molecule has 1 aliphatic heterocycles.